The van der Waals surface area contributed by atoms with Gasteiger partial charge in [0.25, 0.3) is 5.91 Å². The summed E-state index contributed by atoms with van der Waals surface area (Å²) in [7, 11) is 1.65. The molecule has 0 aromatic heterocycles. The SMILES string of the molecule is C[C@@H]1CC(C)(C)C[C@]2(C1)NC(=O)N(CC(=O)N(C)c1ccccc1)C2=O. The van der Waals surface area contributed by atoms with E-state index in [1.54, 1.807) is 7.05 Å². The lowest BCUT2D eigenvalue weighted by molar-refractivity contribution is -0.137. The minimum Gasteiger partial charge on any atom is -0.323 e. The van der Waals surface area contributed by atoms with Crippen LogP contribution in [0.3, 0.4) is 0 Å². The third-order valence-corrected chi connectivity index (χ3v) is 5.44. The molecule has 1 spiro atoms. The first-order chi connectivity index (χ1) is 12.1. The van der Waals surface area contributed by atoms with E-state index in [-0.39, 0.29) is 23.8 Å². The average molecular weight is 357 g/mol. The molecule has 4 amide bonds. The zero-order valence-corrected chi connectivity index (χ0v) is 15.9. The molecule has 1 saturated carbocycles. The molecular weight excluding hydrogens is 330 g/mol. The Labute approximate surface area is 154 Å². The molecule has 3 rings (SSSR count). The number of urea groups is 1. The van der Waals surface area contributed by atoms with E-state index in [1.807, 2.05) is 30.3 Å². The molecule has 6 heteroatoms. The van der Waals surface area contributed by atoms with E-state index in [1.165, 1.54) is 4.90 Å². The molecule has 26 heavy (non-hydrogen) atoms. The van der Waals surface area contributed by atoms with Crippen molar-refractivity contribution in [1.29, 1.82) is 0 Å². The number of para-hydroxylation sites is 1. The van der Waals surface area contributed by atoms with E-state index in [0.29, 0.717) is 18.8 Å². The Hall–Kier alpha value is -2.37. The molecule has 1 heterocycles. The molecule has 1 aliphatic carbocycles. The normalized spacial score (nSPS) is 27.5. The molecule has 1 aromatic rings. The van der Waals surface area contributed by atoms with Gasteiger partial charge in [-0.15, -0.1) is 0 Å². The number of benzene rings is 1. The molecule has 1 aliphatic heterocycles. The van der Waals surface area contributed by atoms with Crippen LogP contribution in [0.25, 0.3) is 0 Å². The molecule has 1 saturated heterocycles. The molecule has 2 aliphatic rings. The van der Waals surface area contributed by atoms with E-state index in [0.717, 1.165) is 17.0 Å². The summed E-state index contributed by atoms with van der Waals surface area (Å²) in [5.74, 6) is -0.220. The lowest BCUT2D eigenvalue weighted by Crippen LogP contribution is -2.54. The minimum atomic E-state index is -0.871. The fourth-order valence-corrected chi connectivity index (χ4v) is 4.69. The number of likely N-dealkylation sites (N-methyl/N-ethyl adjacent to an activating group) is 1. The smallest absolute Gasteiger partial charge is 0.323 e. The predicted molar refractivity (Wildman–Crippen MR) is 99.6 cm³/mol. The van der Waals surface area contributed by atoms with Gasteiger partial charge in [-0.2, -0.15) is 0 Å². The van der Waals surface area contributed by atoms with Crippen molar-refractivity contribution in [3.8, 4) is 0 Å². The summed E-state index contributed by atoms with van der Waals surface area (Å²) in [6, 6.07) is 8.72. The van der Waals surface area contributed by atoms with Crippen molar-refractivity contribution in [2.45, 2.75) is 45.6 Å². The molecule has 0 bridgehead atoms. The second-order valence-electron chi connectivity index (χ2n) is 8.55. The van der Waals surface area contributed by atoms with E-state index >= 15 is 0 Å². The Morgan fingerprint density at radius 2 is 1.88 bits per heavy atom. The topological polar surface area (TPSA) is 69.7 Å². The van der Waals surface area contributed by atoms with Gasteiger partial charge in [0.1, 0.15) is 12.1 Å². The van der Waals surface area contributed by atoms with E-state index in [9.17, 15) is 14.4 Å². The van der Waals surface area contributed by atoms with Gasteiger partial charge < -0.3 is 10.2 Å². The van der Waals surface area contributed by atoms with Crippen LogP contribution >= 0.6 is 0 Å². The van der Waals surface area contributed by atoms with Crippen molar-refractivity contribution in [2.24, 2.45) is 11.3 Å². The van der Waals surface area contributed by atoms with Crippen molar-refractivity contribution in [3.05, 3.63) is 30.3 Å². The number of rotatable bonds is 3. The van der Waals surface area contributed by atoms with Gasteiger partial charge in [-0.25, -0.2) is 4.79 Å². The van der Waals surface area contributed by atoms with E-state index in [2.05, 4.69) is 26.1 Å². The van der Waals surface area contributed by atoms with Crippen LogP contribution in [0.1, 0.15) is 40.0 Å². The molecule has 2 fully saturated rings. The highest BCUT2D eigenvalue weighted by Crippen LogP contribution is 2.46. The summed E-state index contributed by atoms with van der Waals surface area (Å²) in [6.07, 6.45) is 2.25. The average Bonchev–Trinajstić information content (AvgIpc) is 2.76. The number of imide groups is 1. The third kappa shape index (κ3) is 3.32. The summed E-state index contributed by atoms with van der Waals surface area (Å²) >= 11 is 0. The largest absolute Gasteiger partial charge is 0.325 e. The Balaban J connectivity index is 1.76. The maximum absolute atomic E-state index is 13.1. The first-order valence-electron chi connectivity index (χ1n) is 9.09. The van der Waals surface area contributed by atoms with Gasteiger partial charge in [-0.05, 0) is 42.7 Å². The molecular formula is C20H27N3O3. The second-order valence-corrected chi connectivity index (χ2v) is 8.55. The van der Waals surface area contributed by atoms with E-state index < -0.39 is 11.6 Å². The number of hydrogen-bond acceptors (Lipinski definition) is 3. The van der Waals surface area contributed by atoms with Crippen molar-refractivity contribution in [3.63, 3.8) is 0 Å². The number of carbonyl (C=O) groups is 3. The van der Waals surface area contributed by atoms with Crippen molar-refractivity contribution in [1.82, 2.24) is 10.2 Å². The number of amides is 4. The third-order valence-electron chi connectivity index (χ3n) is 5.44. The summed E-state index contributed by atoms with van der Waals surface area (Å²) in [5, 5.41) is 2.91. The number of carbonyl (C=O) groups excluding carboxylic acids is 3. The van der Waals surface area contributed by atoms with Gasteiger partial charge >= 0.3 is 6.03 Å². The van der Waals surface area contributed by atoms with Crippen molar-refractivity contribution < 1.29 is 14.4 Å². The highest BCUT2D eigenvalue weighted by Gasteiger charge is 2.56. The van der Waals surface area contributed by atoms with Crippen molar-refractivity contribution >= 4 is 23.5 Å². The Bertz CT molecular complexity index is 731. The summed E-state index contributed by atoms with van der Waals surface area (Å²) in [5.41, 5.74) is -0.169. The fraction of sp³-hybridized carbons (Fsp3) is 0.550. The number of nitrogens with one attached hydrogen (secondary N) is 1. The highest BCUT2D eigenvalue weighted by atomic mass is 16.2. The Kier molecular flexibility index (Phi) is 4.54. The van der Waals surface area contributed by atoms with Gasteiger partial charge in [-0.1, -0.05) is 39.0 Å². The molecule has 0 radical (unpaired) electrons. The molecule has 1 aromatic carbocycles. The Morgan fingerprint density at radius 3 is 2.50 bits per heavy atom. The van der Waals surface area contributed by atoms with Crippen LogP contribution < -0.4 is 10.2 Å². The highest BCUT2D eigenvalue weighted by molar-refractivity contribution is 6.10. The van der Waals surface area contributed by atoms with Crippen LogP contribution in [-0.4, -0.2) is 41.9 Å². The van der Waals surface area contributed by atoms with Crippen LogP contribution in [0.15, 0.2) is 30.3 Å². The van der Waals surface area contributed by atoms with Crippen molar-refractivity contribution in [2.75, 3.05) is 18.5 Å². The monoisotopic (exact) mass is 357 g/mol. The van der Waals surface area contributed by atoms with Crippen LogP contribution in [0, 0.1) is 11.3 Å². The molecule has 2 atom stereocenters. The van der Waals surface area contributed by atoms with Crippen LogP contribution in [-0.2, 0) is 9.59 Å². The number of nitrogens with zero attached hydrogens (tertiary/aromatic N) is 2. The van der Waals surface area contributed by atoms with E-state index in [4.69, 9.17) is 0 Å². The second kappa shape index (κ2) is 6.41. The molecule has 1 N–H and O–H groups in total. The predicted octanol–water partition coefficient (Wildman–Crippen LogP) is 2.79. The standard InChI is InChI=1S/C20H27N3O3/c1-14-10-19(2,3)13-20(11-14)17(25)23(18(26)21-20)12-16(24)22(4)15-8-6-5-7-9-15/h5-9,14H,10-13H2,1-4H3,(H,21,26)/t14-,20+/m1/s1. The zero-order chi connectivity index (χ0) is 19.1. The zero-order valence-electron chi connectivity index (χ0n) is 15.9. The van der Waals surface area contributed by atoms with Gasteiger partial charge in [0, 0.05) is 12.7 Å². The maximum Gasteiger partial charge on any atom is 0.325 e. The van der Waals surface area contributed by atoms with Gasteiger partial charge in [0.15, 0.2) is 0 Å². The first-order valence-corrected chi connectivity index (χ1v) is 9.09. The molecule has 140 valence electrons. The van der Waals surface area contributed by atoms with Gasteiger partial charge in [0.2, 0.25) is 5.91 Å². The Morgan fingerprint density at radius 1 is 1.23 bits per heavy atom. The van der Waals surface area contributed by atoms with Crippen LogP contribution in [0.5, 0.6) is 0 Å². The number of hydrogen-bond donors (Lipinski definition) is 1. The maximum atomic E-state index is 13.1. The number of anilines is 1. The summed E-state index contributed by atoms with van der Waals surface area (Å²) < 4.78 is 0. The van der Waals surface area contributed by atoms with Gasteiger partial charge in [-0.3, -0.25) is 14.5 Å². The lowest BCUT2D eigenvalue weighted by Gasteiger charge is -2.43. The minimum absolute atomic E-state index is 0.0263. The summed E-state index contributed by atoms with van der Waals surface area (Å²) in [4.78, 5) is 40.7. The van der Waals surface area contributed by atoms with Crippen LogP contribution in [0.2, 0.25) is 0 Å². The lowest BCUT2D eigenvalue weighted by atomic mass is 9.64. The summed E-state index contributed by atoms with van der Waals surface area (Å²) in [6.45, 7) is 6.12. The quantitative estimate of drug-likeness (QED) is 0.846. The van der Waals surface area contributed by atoms with Gasteiger partial charge in [0.05, 0.1) is 0 Å². The fourth-order valence-electron chi connectivity index (χ4n) is 4.69. The molecule has 0 unspecified atom stereocenters. The van der Waals surface area contributed by atoms with Crippen LogP contribution in [0.4, 0.5) is 10.5 Å². The first kappa shape index (κ1) is 18.4. The molecule has 6 nitrogen and oxygen atoms in total.